The summed E-state index contributed by atoms with van der Waals surface area (Å²) in [5.41, 5.74) is 1.13. The highest BCUT2D eigenvalue weighted by molar-refractivity contribution is 5.31. The molecule has 116 valence electrons. The van der Waals surface area contributed by atoms with Gasteiger partial charge in [-0.3, -0.25) is 0 Å². The summed E-state index contributed by atoms with van der Waals surface area (Å²) < 4.78 is 11.9. The fourth-order valence-electron chi connectivity index (χ4n) is 3.02. The van der Waals surface area contributed by atoms with Gasteiger partial charge in [-0.1, -0.05) is 37.5 Å². The minimum atomic E-state index is -0.232. The summed E-state index contributed by atoms with van der Waals surface area (Å²) >= 11 is 0. The topological polar surface area (TPSA) is 36.9 Å². The predicted molar refractivity (Wildman–Crippen MR) is 78.9 cm³/mol. The molecule has 21 heavy (non-hydrogen) atoms. The van der Waals surface area contributed by atoms with Gasteiger partial charge in [0.2, 0.25) is 0 Å². The van der Waals surface area contributed by atoms with E-state index >= 15 is 0 Å². The van der Waals surface area contributed by atoms with E-state index in [9.17, 15) is 0 Å². The van der Waals surface area contributed by atoms with Crippen LogP contribution in [0.25, 0.3) is 0 Å². The molecule has 0 aromatic heterocycles. The van der Waals surface area contributed by atoms with E-state index in [1.807, 2.05) is 31.2 Å². The van der Waals surface area contributed by atoms with Crippen LogP contribution >= 0.6 is 0 Å². The Morgan fingerprint density at radius 1 is 1.14 bits per heavy atom. The Kier molecular flexibility index (Phi) is 5.12. The fourth-order valence-corrected chi connectivity index (χ4v) is 3.02. The zero-order valence-electron chi connectivity index (χ0n) is 12.6. The van der Waals surface area contributed by atoms with Crippen molar-refractivity contribution in [3.63, 3.8) is 0 Å². The standard InChI is InChI=1S/C17H24O4/c1-13-7-5-6-10-16(13)18-11-15-12-19-21-17(20-15)14-8-3-2-4-9-14/h5-7,10,14-15,17H,2-4,8-9,11-12H2,1H3. The van der Waals surface area contributed by atoms with Crippen LogP contribution in [0.1, 0.15) is 37.7 Å². The zero-order chi connectivity index (χ0) is 14.5. The number of aryl methyl sites for hydroxylation is 1. The minimum Gasteiger partial charge on any atom is -0.491 e. The van der Waals surface area contributed by atoms with E-state index in [2.05, 4.69) is 0 Å². The highest BCUT2D eigenvalue weighted by Crippen LogP contribution is 2.31. The first-order chi connectivity index (χ1) is 10.3. The average Bonchev–Trinajstić information content (AvgIpc) is 2.55. The Labute approximate surface area is 126 Å². The molecule has 2 atom stereocenters. The lowest BCUT2D eigenvalue weighted by Crippen LogP contribution is -2.42. The van der Waals surface area contributed by atoms with Crippen molar-refractivity contribution in [2.45, 2.75) is 51.4 Å². The van der Waals surface area contributed by atoms with Crippen molar-refractivity contribution in [3.8, 4) is 5.75 Å². The third kappa shape index (κ3) is 3.96. The van der Waals surface area contributed by atoms with Crippen LogP contribution in [0.5, 0.6) is 5.75 Å². The van der Waals surface area contributed by atoms with Gasteiger partial charge in [0.05, 0.1) is 0 Å². The average molecular weight is 292 g/mol. The molecule has 2 aliphatic rings. The van der Waals surface area contributed by atoms with Crippen molar-refractivity contribution in [2.24, 2.45) is 5.92 Å². The smallest absolute Gasteiger partial charge is 0.194 e. The number of hydrogen-bond donors (Lipinski definition) is 0. The molecule has 0 amide bonds. The lowest BCUT2D eigenvalue weighted by atomic mass is 9.89. The second kappa shape index (κ2) is 7.25. The molecule has 4 heteroatoms. The van der Waals surface area contributed by atoms with Crippen molar-refractivity contribution >= 4 is 0 Å². The third-order valence-corrected chi connectivity index (χ3v) is 4.30. The van der Waals surface area contributed by atoms with Crippen molar-refractivity contribution in [3.05, 3.63) is 29.8 Å². The molecule has 0 bridgehead atoms. The zero-order valence-corrected chi connectivity index (χ0v) is 12.6. The molecule has 4 nitrogen and oxygen atoms in total. The van der Waals surface area contributed by atoms with E-state index in [-0.39, 0.29) is 12.4 Å². The summed E-state index contributed by atoms with van der Waals surface area (Å²) in [4.78, 5) is 10.6. The Bertz CT molecular complexity index is 442. The van der Waals surface area contributed by atoms with Gasteiger partial charge in [0.25, 0.3) is 0 Å². The molecular formula is C17H24O4. The van der Waals surface area contributed by atoms with Gasteiger partial charge < -0.3 is 9.47 Å². The normalized spacial score (nSPS) is 27.5. The molecule has 1 aliphatic carbocycles. The van der Waals surface area contributed by atoms with E-state index in [1.54, 1.807) is 0 Å². The SMILES string of the molecule is Cc1ccccc1OCC1COOC(C2CCCCC2)O1. The first-order valence-electron chi connectivity index (χ1n) is 7.95. The summed E-state index contributed by atoms with van der Waals surface area (Å²) in [6.45, 7) is 2.97. The van der Waals surface area contributed by atoms with Crippen LogP contribution in [0.15, 0.2) is 24.3 Å². The maximum atomic E-state index is 6.02. The van der Waals surface area contributed by atoms with Crippen LogP contribution in [-0.4, -0.2) is 25.6 Å². The van der Waals surface area contributed by atoms with Gasteiger partial charge in [-0.25, -0.2) is 9.78 Å². The first-order valence-corrected chi connectivity index (χ1v) is 7.95. The van der Waals surface area contributed by atoms with Crippen LogP contribution in [0.4, 0.5) is 0 Å². The number of hydrogen-bond acceptors (Lipinski definition) is 4. The molecule has 0 spiro atoms. The Hall–Kier alpha value is -1.10. The fraction of sp³-hybridized carbons (Fsp3) is 0.647. The van der Waals surface area contributed by atoms with Crippen molar-refractivity contribution < 1.29 is 19.2 Å². The van der Waals surface area contributed by atoms with Gasteiger partial charge in [0.15, 0.2) is 6.29 Å². The van der Waals surface area contributed by atoms with E-state index in [0.29, 0.717) is 19.1 Å². The lowest BCUT2D eigenvalue weighted by Gasteiger charge is -2.35. The number of para-hydroxylation sites is 1. The Balaban J connectivity index is 1.50. The molecule has 0 N–H and O–H groups in total. The molecule has 1 aromatic carbocycles. The van der Waals surface area contributed by atoms with Gasteiger partial charge in [-0.2, -0.15) is 0 Å². The molecule has 1 aromatic rings. The van der Waals surface area contributed by atoms with Crippen LogP contribution in [0, 0.1) is 12.8 Å². The predicted octanol–water partition coefficient (Wildman–Crippen LogP) is 3.63. The summed E-state index contributed by atoms with van der Waals surface area (Å²) in [6.07, 6.45) is 5.88. The quantitative estimate of drug-likeness (QED) is 0.794. The Morgan fingerprint density at radius 2 is 1.95 bits per heavy atom. The molecule has 0 radical (unpaired) electrons. The van der Waals surface area contributed by atoms with E-state index < -0.39 is 0 Å². The van der Waals surface area contributed by atoms with Crippen LogP contribution in [-0.2, 0) is 14.5 Å². The van der Waals surface area contributed by atoms with Crippen molar-refractivity contribution in [2.75, 3.05) is 13.2 Å². The first kappa shape index (κ1) is 14.8. The number of benzene rings is 1. The highest BCUT2D eigenvalue weighted by Gasteiger charge is 2.32. The second-order valence-corrected chi connectivity index (χ2v) is 5.98. The Morgan fingerprint density at radius 3 is 2.76 bits per heavy atom. The van der Waals surface area contributed by atoms with Gasteiger partial charge in [0, 0.05) is 5.92 Å². The summed E-state index contributed by atoms with van der Waals surface area (Å²) in [5, 5.41) is 0. The third-order valence-electron chi connectivity index (χ3n) is 4.30. The minimum absolute atomic E-state index is 0.0646. The van der Waals surface area contributed by atoms with Crippen molar-refractivity contribution in [1.82, 2.24) is 0 Å². The second-order valence-electron chi connectivity index (χ2n) is 5.98. The molecule has 1 saturated carbocycles. The van der Waals surface area contributed by atoms with Crippen LogP contribution < -0.4 is 4.74 Å². The van der Waals surface area contributed by atoms with Gasteiger partial charge in [-0.15, -0.1) is 0 Å². The molecular weight excluding hydrogens is 268 g/mol. The molecule has 2 fully saturated rings. The highest BCUT2D eigenvalue weighted by atomic mass is 17.2. The number of rotatable bonds is 4. The summed E-state index contributed by atoms with van der Waals surface area (Å²) in [6, 6.07) is 8.01. The summed E-state index contributed by atoms with van der Waals surface area (Å²) in [5.74, 6) is 1.36. The van der Waals surface area contributed by atoms with Gasteiger partial charge in [-0.05, 0) is 31.4 Å². The van der Waals surface area contributed by atoms with E-state index in [1.165, 1.54) is 32.1 Å². The van der Waals surface area contributed by atoms with Crippen LogP contribution in [0.2, 0.25) is 0 Å². The molecule has 2 unspecified atom stereocenters. The summed E-state index contributed by atoms with van der Waals surface area (Å²) in [7, 11) is 0. The molecule has 1 heterocycles. The van der Waals surface area contributed by atoms with Crippen LogP contribution in [0.3, 0.4) is 0 Å². The monoisotopic (exact) mass is 292 g/mol. The molecule has 1 saturated heterocycles. The van der Waals surface area contributed by atoms with E-state index in [4.69, 9.17) is 19.2 Å². The van der Waals surface area contributed by atoms with Crippen molar-refractivity contribution in [1.29, 1.82) is 0 Å². The molecule has 1 aliphatic heterocycles. The van der Waals surface area contributed by atoms with E-state index in [0.717, 1.165) is 11.3 Å². The largest absolute Gasteiger partial charge is 0.491 e. The van der Waals surface area contributed by atoms with Gasteiger partial charge >= 0.3 is 0 Å². The maximum absolute atomic E-state index is 6.02. The van der Waals surface area contributed by atoms with Gasteiger partial charge in [0.1, 0.15) is 25.1 Å². The lowest BCUT2D eigenvalue weighted by molar-refractivity contribution is -0.444. The maximum Gasteiger partial charge on any atom is 0.194 e. The number of ether oxygens (including phenoxy) is 2. The molecule has 3 rings (SSSR count).